The van der Waals surface area contributed by atoms with E-state index in [0.717, 1.165) is 0 Å². The molecule has 2 heterocycles. The number of hydrogen-bond acceptors (Lipinski definition) is 6. The molecule has 6 heteroatoms. The van der Waals surface area contributed by atoms with Gasteiger partial charge in [-0.25, -0.2) is 0 Å². The zero-order chi connectivity index (χ0) is 15.4. The number of esters is 2. The van der Waals surface area contributed by atoms with Crippen LogP contribution in [0, 0.1) is 35.5 Å². The summed E-state index contributed by atoms with van der Waals surface area (Å²) in [5.74, 6) is -1.96. The molecule has 8 atom stereocenters. The molecule has 0 aromatic carbocycles. The van der Waals surface area contributed by atoms with E-state index >= 15 is 0 Å². The molecule has 2 aliphatic carbocycles. The van der Waals surface area contributed by atoms with Crippen molar-refractivity contribution in [1.29, 1.82) is 0 Å². The van der Waals surface area contributed by atoms with Crippen molar-refractivity contribution in [2.45, 2.75) is 25.4 Å². The molecule has 4 aliphatic rings. The Hall–Kier alpha value is -1.66. The SMILES string of the molecule is O=C1OC(O)CC1C1CC2C(=O)OC(O)C2C2C=CC=CC21. The average Bonchev–Trinajstić information content (AvgIpc) is 2.97. The van der Waals surface area contributed by atoms with Gasteiger partial charge in [0.2, 0.25) is 12.6 Å². The van der Waals surface area contributed by atoms with E-state index in [2.05, 4.69) is 0 Å². The van der Waals surface area contributed by atoms with Crippen LogP contribution in [-0.4, -0.2) is 34.7 Å². The summed E-state index contributed by atoms with van der Waals surface area (Å²) in [6.07, 6.45) is 6.44. The lowest BCUT2D eigenvalue weighted by molar-refractivity contribution is -0.158. The summed E-state index contributed by atoms with van der Waals surface area (Å²) < 4.78 is 9.88. The maximum atomic E-state index is 12.0. The fraction of sp³-hybridized carbons (Fsp3) is 0.625. The van der Waals surface area contributed by atoms with Crippen molar-refractivity contribution >= 4 is 11.9 Å². The number of aliphatic hydroxyl groups excluding tert-OH is 2. The van der Waals surface area contributed by atoms with Crippen molar-refractivity contribution in [1.82, 2.24) is 0 Å². The zero-order valence-electron chi connectivity index (χ0n) is 11.9. The van der Waals surface area contributed by atoms with Crippen LogP contribution in [0.1, 0.15) is 12.8 Å². The summed E-state index contributed by atoms with van der Waals surface area (Å²) >= 11 is 0. The summed E-state index contributed by atoms with van der Waals surface area (Å²) in [6, 6.07) is 0. The first-order chi connectivity index (χ1) is 10.6. The van der Waals surface area contributed by atoms with Crippen molar-refractivity contribution in [3.05, 3.63) is 24.3 Å². The first-order valence-corrected chi connectivity index (χ1v) is 7.68. The predicted octanol–water partition coefficient (Wildman–Crippen LogP) is 0.354. The minimum absolute atomic E-state index is 0.0400. The molecule has 2 aliphatic heterocycles. The van der Waals surface area contributed by atoms with Crippen LogP contribution in [0.25, 0.3) is 0 Å². The number of carbonyl (C=O) groups is 2. The van der Waals surface area contributed by atoms with Crippen LogP contribution in [-0.2, 0) is 19.1 Å². The molecule has 1 saturated carbocycles. The van der Waals surface area contributed by atoms with Gasteiger partial charge in [-0.05, 0) is 24.2 Å². The summed E-state index contributed by atoms with van der Waals surface area (Å²) in [5.41, 5.74) is 0. The molecule has 4 rings (SSSR count). The minimum atomic E-state index is -1.08. The summed E-state index contributed by atoms with van der Waals surface area (Å²) in [4.78, 5) is 24.0. The van der Waals surface area contributed by atoms with Gasteiger partial charge >= 0.3 is 11.9 Å². The van der Waals surface area contributed by atoms with Crippen LogP contribution in [0.15, 0.2) is 24.3 Å². The van der Waals surface area contributed by atoms with Gasteiger partial charge in [-0.3, -0.25) is 9.59 Å². The number of rotatable bonds is 1. The van der Waals surface area contributed by atoms with E-state index in [1.54, 1.807) is 0 Å². The second-order valence-electron chi connectivity index (χ2n) is 6.57. The van der Waals surface area contributed by atoms with Crippen LogP contribution < -0.4 is 0 Å². The second-order valence-corrected chi connectivity index (χ2v) is 6.57. The molecule has 0 spiro atoms. The molecule has 0 radical (unpaired) electrons. The Bertz CT molecular complexity index is 561. The molecule has 0 amide bonds. The Morgan fingerprint density at radius 2 is 1.59 bits per heavy atom. The first-order valence-electron chi connectivity index (χ1n) is 7.68. The molecule has 2 saturated heterocycles. The third-order valence-electron chi connectivity index (χ3n) is 5.55. The van der Waals surface area contributed by atoms with Crippen molar-refractivity contribution in [3.8, 4) is 0 Å². The molecule has 2 N–H and O–H groups in total. The molecule has 0 aromatic rings. The lowest BCUT2D eigenvalue weighted by atomic mass is 9.58. The Balaban J connectivity index is 1.68. The smallest absolute Gasteiger partial charge is 0.311 e. The van der Waals surface area contributed by atoms with Crippen molar-refractivity contribution < 1.29 is 29.3 Å². The fourth-order valence-electron chi connectivity index (χ4n) is 4.62. The third kappa shape index (κ3) is 1.94. The van der Waals surface area contributed by atoms with Crippen LogP contribution in [0.4, 0.5) is 0 Å². The third-order valence-corrected chi connectivity index (χ3v) is 5.55. The van der Waals surface area contributed by atoms with Gasteiger partial charge in [-0.2, -0.15) is 0 Å². The molecule has 8 unspecified atom stereocenters. The van der Waals surface area contributed by atoms with Crippen LogP contribution in [0.5, 0.6) is 0 Å². The van der Waals surface area contributed by atoms with E-state index < -0.39 is 36.4 Å². The van der Waals surface area contributed by atoms with E-state index in [4.69, 9.17) is 9.47 Å². The topological polar surface area (TPSA) is 93.1 Å². The van der Waals surface area contributed by atoms with Gasteiger partial charge in [0, 0.05) is 12.3 Å². The number of aliphatic hydroxyl groups is 2. The molecule has 3 fully saturated rings. The van der Waals surface area contributed by atoms with Crippen LogP contribution in [0.2, 0.25) is 0 Å². The van der Waals surface area contributed by atoms with Crippen LogP contribution in [0.3, 0.4) is 0 Å². The Labute approximate surface area is 127 Å². The molecule has 0 aromatic heterocycles. The lowest BCUT2D eigenvalue weighted by Gasteiger charge is -2.43. The highest BCUT2D eigenvalue weighted by Crippen LogP contribution is 2.53. The molecular formula is C16H18O6. The van der Waals surface area contributed by atoms with Crippen molar-refractivity contribution in [2.24, 2.45) is 35.5 Å². The highest BCUT2D eigenvalue weighted by molar-refractivity contribution is 5.77. The van der Waals surface area contributed by atoms with E-state index in [0.29, 0.717) is 6.42 Å². The Morgan fingerprint density at radius 3 is 2.27 bits per heavy atom. The second kappa shape index (κ2) is 4.93. The van der Waals surface area contributed by atoms with E-state index in [9.17, 15) is 19.8 Å². The van der Waals surface area contributed by atoms with E-state index in [1.807, 2.05) is 24.3 Å². The number of fused-ring (bicyclic) bond motifs is 3. The fourth-order valence-corrected chi connectivity index (χ4v) is 4.62. The molecule has 6 nitrogen and oxygen atoms in total. The molecular weight excluding hydrogens is 288 g/mol. The highest BCUT2D eigenvalue weighted by Gasteiger charge is 2.57. The number of ether oxygens (including phenoxy) is 2. The number of hydrogen-bond donors (Lipinski definition) is 2. The quantitative estimate of drug-likeness (QED) is 0.679. The number of cyclic esters (lactones) is 2. The summed E-state index contributed by atoms with van der Waals surface area (Å²) in [6.45, 7) is 0. The Kier molecular flexibility index (Phi) is 3.13. The molecule has 118 valence electrons. The Morgan fingerprint density at radius 1 is 0.909 bits per heavy atom. The van der Waals surface area contributed by atoms with Gasteiger partial charge in [0.15, 0.2) is 0 Å². The summed E-state index contributed by atoms with van der Waals surface area (Å²) in [5, 5.41) is 19.6. The predicted molar refractivity (Wildman–Crippen MR) is 72.7 cm³/mol. The standard InChI is InChI=1S/C16H18O6/c17-12-6-10(14(18)21-12)9-5-11-13(16(20)22-15(11)19)8-4-2-1-3-7(8)9/h1-4,7-13,16-17,20H,5-6H2. The minimum Gasteiger partial charge on any atom is -0.436 e. The van der Waals surface area contributed by atoms with Gasteiger partial charge in [-0.1, -0.05) is 24.3 Å². The van der Waals surface area contributed by atoms with Gasteiger partial charge < -0.3 is 19.7 Å². The van der Waals surface area contributed by atoms with Gasteiger partial charge in [0.05, 0.1) is 11.8 Å². The monoisotopic (exact) mass is 306 g/mol. The van der Waals surface area contributed by atoms with E-state index in [-0.39, 0.29) is 30.1 Å². The number of carbonyl (C=O) groups excluding carboxylic acids is 2. The van der Waals surface area contributed by atoms with Crippen molar-refractivity contribution in [3.63, 3.8) is 0 Å². The lowest BCUT2D eigenvalue weighted by Crippen LogP contribution is -2.45. The van der Waals surface area contributed by atoms with Gasteiger partial charge in [0.25, 0.3) is 0 Å². The maximum absolute atomic E-state index is 12.0. The van der Waals surface area contributed by atoms with Gasteiger partial charge in [-0.15, -0.1) is 0 Å². The van der Waals surface area contributed by atoms with E-state index in [1.165, 1.54) is 0 Å². The highest BCUT2D eigenvalue weighted by atomic mass is 16.6. The van der Waals surface area contributed by atoms with Crippen LogP contribution >= 0.6 is 0 Å². The van der Waals surface area contributed by atoms with Crippen molar-refractivity contribution in [2.75, 3.05) is 0 Å². The summed E-state index contributed by atoms with van der Waals surface area (Å²) in [7, 11) is 0. The van der Waals surface area contributed by atoms with Gasteiger partial charge in [0.1, 0.15) is 0 Å². The zero-order valence-corrected chi connectivity index (χ0v) is 11.9. The molecule has 22 heavy (non-hydrogen) atoms. The molecule has 0 bridgehead atoms. The number of allylic oxidation sites excluding steroid dienone is 4. The first kappa shape index (κ1) is 14.0. The largest absolute Gasteiger partial charge is 0.436 e. The maximum Gasteiger partial charge on any atom is 0.311 e. The average molecular weight is 306 g/mol. The normalized spacial score (nSPS) is 49.5.